The molecule has 1 fully saturated rings. The van der Waals surface area contributed by atoms with Crippen molar-refractivity contribution in [3.05, 3.63) is 0 Å². The molecular formula is C14H27NO2S3Si. The lowest BCUT2D eigenvalue weighted by Crippen LogP contribution is -2.73. The second kappa shape index (κ2) is 6.91. The first kappa shape index (κ1) is 19.5. The number of rotatable bonds is 4. The molecule has 0 bridgehead atoms. The molecule has 3 atom stereocenters. The average Bonchev–Trinajstić information content (AvgIpc) is 2.25. The third-order valence-electron chi connectivity index (χ3n) is 4.52. The quantitative estimate of drug-likeness (QED) is 0.464. The van der Waals surface area contributed by atoms with Crippen LogP contribution >= 0.6 is 35.7 Å². The fraction of sp³-hybridized carbons (Fsp3) is 0.857. The molecule has 0 radical (unpaired) electrons. The van der Waals surface area contributed by atoms with Crippen molar-refractivity contribution >= 4 is 53.4 Å². The lowest BCUT2D eigenvalue weighted by molar-refractivity contribution is -0.149. The molecule has 7 heteroatoms. The molecule has 3 nitrogen and oxygen atoms in total. The first-order valence-corrected chi connectivity index (χ1v) is 12.5. The van der Waals surface area contributed by atoms with Gasteiger partial charge < -0.3 is 9.67 Å². The zero-order valence-corrected chi connectivity index (χ0v) is 17.4. The molecule has 1 aliphatic heterocycles. The summed E-state index contributed by atoms with van der Waals surface area (Å²) in [7, 11) is -1.94. The van der Waals surface area contributed by atoms with Crippen molar-refractivity contribution < 1.29 is 9.90 Å². The summed E-state index contributed by atoms with van der Waals surface area (Å²) in [5.74, 6) is 0.712. The Morgan fingerprint density at radius 3 is 2.38 bits per heavy atom. The molecule has 3 unspecified atom stereocenters. The predicted octanol–water partition coefficient (Wildman–Crippen LogP) is 3.93. The van der Waals surface area contributed by atoms with Crippen LogP contribution in [0, 0.1) is 5.92 Å². The van der Waals surface area contributed by atoms with Crippen molar-refractivity contribution in [1.29, 1.82) is 0 Å². The number of amides is 1. The molecule has 1 aliphatic rings. The molecule has 1 heterocycles. The zero-order valence-electron chi connectivity index (χ0n) is 14.0. The van der Waals surface area contributed by atoms with Crippen molar-refractivity contribution in [3.8, 4) is 0 Å². The molecule has 0 spiro atoms. The van der Waals surface area contributed by atoms with E-state index in [1.807, 2.05) is 0 Å². The molecule has 0 aromatic heterocycles. The van der Waals surface area contributed by atoms with Gasteiger partial charge in [0, 0.05) is 0 Å². The third kappa shape index (κ3) is 3.86. The second-order valence-corrected chi connectivity index (χ2v) is 15.7. The maximum absolute atomic E-state index is 12.6. The van der Waals surface area contributed by atoms with Gasteiger partial charge in [-0.05, 0) is 17.7 Å². The van der Waals surface area contributed by atoms with Crippen LogP contribution < -0.4 is 0 Å². The highest BCUT2D eigenvalue weighted by Gasteiger charge is 2.59. The van der Waals surface area contributed by atoms with Crippen LogP contribution in [0.15, 0.2) is 0 Å². The van der Waals surface area contributed by atoms with Crippen molar-refractivity contribution in [2.45, 2.75) is 64.2 Å². The Morgan fingerprint density at radius 1 is 1.48 bits per heavy atom. The van der Waals surface area contributed by atoms with E-state index in [1.165, 1.54) is 0 Å². The lowest BCUT2D eigenvalue weighted by atomic mass is 9.96. The smallest absolute Gasteiger partial charge is 0.224 e. The van der Waals surface area contributed by atoms with E-state index in [4.69, 9.17) is 12.2 Å². The Balaban J connectivity index is 3.02. The number of aliphatic hydroxyl groups excluding tert-OH is 1. The summed E-state index contributed by atoms with van der Waals surface area (Å²) in [5.41, 5.74) is 0. The summed E-state index contributed by atoms with van der Waals surface area (Å²) in [6, 6.07) is 0. The number of β-lactam (4-membered cyclic amide) rings is 1. The lowest BCUT2D eigenvalue weighted by Gasteiger charge is -2.58. The molecule has 0 aromatic carbocycles. The van der Waals surface area contributed by atoms with Crippen LogP contribution in [0.2, 0.25) is 18.1 Å². The van der Waals surface area contributed by atoms with Crippen molar-refractivity contribution in [2.75, 3.05) is 5.75 Å². The number of aliphatic hydroxyl groups is 1. The molecule has 122 valence electrons. The summed E-state index contributed by atoms with van der Waals surface area (Å²) in [6.45, 7) is 14.8. The number of carbonyl (C=O) groups excluding carboxylic acids is 1. The average molecular weight is 366 g/mol. The van der Waals surface area contributed by atoms with Crippen molar-refractivity contribution in [3.63, 3.8) is 0 Å². The summed E-state index contributed by atoms with van der Waals surface area (Å²) in [4.78, 5) is 12.6. The van der Waals surface area contributed by atoms with Gasteiger partial charge in [-0.3, -0.25) is 4.79 Å². The van der Waals surface area contributed by atoms with Crippen LogP contribution in [-0.4, -0.2) is 44.6 Å². The van der Waals surface area contributed by atoms with Gasteiger partial charge in [0.25, 0.3) is 0 Å². The highest BCUT2D eigenvalue weighted by molar-refractivity contribution is 8.47. The number of hydrogen-bond acceptors (Lipinski definition) is 5. The standard InChI is InChI=1S/C14H27NO2S3Si/c1-8-19-13(18)20-12-10(9(2)16)11(17)15(12)21(6,7)14(3,4)5/h9-10,12,16H,8H2,1-7H3. The minimum atomic E-state index is -1.94. The molecule has 0 aromatic rings. The van der Waals surface area contributed by atoms with Gasteiger partial charge in [-0.1, -0.05) is 64.8 Å². The number of thiocarbonyl (C=S) groups is 1. The van der Waals surface area contributed by atoms with Crippen LogP contribution in [0.25, 0.3) is 0 Å². The molecule has 0 saturated carbocycles. The van der Waals surface area contributed by atoms with Crippen LogP contribution in [0.3, 0.4) is 0 Å². The highest BCUT2D eigenvalue weighted by Crippen LogP contribution is 2.49. The van der Waals surface area contributed by atoms with Gasteiger partial charge in [0.05, 0.1) is 17.4 Å². The van der Waals surface area contributed by atoms with E-state index in [9.17, 15) is 9.90 Å². The SMILES string of the molecule is CCSC(=S)SC1C(C(C)O)C(=O)N1[Si](C)(C)C(C)(C)C. The molecule has 1 saturated heterocycles. The van der Waals surface area contributed by atoms with E-state index in [2.05, 4.69) is 45.4 Å². The Bertz CT molecular complexity index is 421. The van der Waals surface area contributed by atoms with Gasteiger partial charge in [0.2, 0.25) is 5.91 Å². The van der Waals surface area contributed by atoms with Crippen LogP contribution in [0.4, 0.5) is 0 Å². The molecule has 1 amide bonds. The van der Waals surface area contributed by atoms with E-state index in [-0.39, 0.29) is 22.2 Å². The van der Waals surface area contributed by atoms with Gasteiger partial charge in [0.15, 0.2) is 8.24 Å². The maximum atomic E-state index is 12.6. The van der Waals surface area contributed by atoms with E-state index in [1.54, 1.807) is 30.4 Å². The first-order chi connectivity index (χ1) is 9.45. The van der Waals surface area contributed by atoms with Gasteiger partial charge in [-0.2, -0.15) is 0 Å². The minimum Gasteiger partial charge on any atom is -0.392 e. The molecular weight excluding hydrogens is 338 g/mol. The first-order valence-electron chi connectivity index (χ1n) is 7.29. The topological polar surface area (TPSA) is 40.5 Å². The van der Waals surface area contributed by atoms with Crippen molar-refractivity contribution in [2.24, 2.45) is 5.92 Å². The summed E-state index contributed by atoms with van der Waals surface area (Å²) < 4.78 is 2.92. The van der Waals surface area contributed by atoms with E-state index < -0.39 is 14.3 Å². The number of thioether (sulfide) groups is 2. The van der Waals surface area contributed by atoms with Gasteiger partial charge in [-0.25, -0.2) is 0 Å². The number of hydrogen-bond donors (Lipinski definition) is 1. The van der Waals surface area contributed by atoms with Crippen LogP contribution in [0.1, 0.15) is 34.6 Å². The Hall–Kier alpha value is 0.437. The molecule has 0 aliphatic carbocycles. The molecule has 1 rings (SSSR count). The summed E-state index contributed by atoms with van der Waals surface area (Å²) in [6.07, 6.45) is -0.620. The maximum Gasteiger partial charge on any atom is 0.224 e. The third-order valence-corrected chi connectivity index (χ3v) is 12.8. The number of carbonyl (C=O) groups is 1. The van der Waals surface area contributed by atoms with Gasteiger partial charge >= 0.3 is 0 Å². The second-order valence-electron chi connectivity index (χ2n) is 6.98. The largest absolute Gasteiger partial charge is 0.392 e. The molecule has 21 heavy (non-hydrogen) atoms. The molecule has 1 N–H and O–H groups in total. The van der Waals surface area contributed by atoms with E-state index >= 15 is 0 Å². The number of nitrogens with zero attached hydrogens (tertiary/aromatic N) is 1. The van der Waals surface area contributed by atoms with E-state index in [0.29, 0.717) is 0 Å². The van der Waals surface area contributed by atoms with Gasteiger partial charge in [0.1, 0.15) is 3.53 Å². The monoisotopic (exact) mass is 365 g/mol. The summed E-state index contributed by atoms with van der Waals surface area (Å²) >= 11 is 8.61. The minimum absolute atomic E-state index is 0.00931. The Kier molecular flexibility index (Phi) is 6.41. The normalized spacial score (nSPS) is 24.8. The fourth-order valence-corrected chi connectivity index (χ4v) is 8.13. The summed E-state index contributed by atoms with van der Waals surface area (Å²) in [5, 5.41) is 10.0. The fourth-order valence-electron chi connectivity index (χ4n) is 2.26. The Labute approximate surface area is 143 Å². The van der Waals surface area contributed by atoms with Crippen molar-refractivity contribution in [1.82, 2.24) is 4.57 Å². The zero-order chi connectivity index (χ0) is 16.6. The predicted molar refractivity (Wildman–Crippen MR) is 101 cm³/mol. The Morgan fingerprint density at radius 2 is 2.00 bits per heavy atom. The van der Waals surface area contributed by atoms with E-state index in [0.717, 1.165) is 9.28 Å². The van der Waals surface area contributed by atoms with Crippen LogP contribution in [-0.2, 0) is 4.79 Å². The van der Waals surface area contributed by atoms with Crippen LogP contribution in [0.5, 0.6) is 0 Å². The van der Waals surface area contributed by atoms with Gasteiger partial charge in [-0.15, -0.1) is 11.8 Å². The highest BCUT2D eigenvalue weighted by atomic mass is 32.2.